The molecule has 0 spiro atoms. The van der Waals surface area contributed by atoms with Gasteiger partial charge in [0.25, 0.3) is 5.91 Å². The number of oxazole rings is 1. The molecule has 184 valence electrons. The molecule has 1 amide bonds. The summed E-state index contributed by atoms with van der Waals surface area (Å²) in [6, 6.07) is 25.2. The van der Waals surface area contributed by atoms with Crippen molar-refractivity contribution in [3.63, 3.8) is 0 Å². The first-order chi connectivity index (χ1) is 17.7. The monoisotopic (exact) mass is 483 g/mol. The van der Waals surface area contributed by atoms with Gasteiger partial charge in [0.2, 0.25) is 5.89 Å². The Labute approximate surface area is 210 Å². The van der Waals surface area contributed by atoms with Gasteiger partial charge in [-0.05, 0) is 29.8 Å². The van der Waals surface area contributed by atoms with Crippen LogP contribution in [-0.4, -0.2) is 55.7 Å². The van der Waals surface area contributed by atoms with Crippen LogP contribution in [-0.2, 0) is 4.74 Å². The lowest BCUT2D eigenvalue weighted by Crippen LogP contribution is -2.43. The summed E-state index contributed by atoms with van der Waals surface area (Å²) in [6.07, 6.45) is 1.69. The molecule has 1 fully saturated rings. The molecule has 1 N–H and O–H groups in total. The molecular weight excluding hydrogens is 454 g/mol. The van der Waals surface area contributed by atoms with E-state index in [1.54, 1.807) is 19.4 Å². The molecule has 1 aromatic heterocycles. The Kier molecular flexibility index (Phi) is 7.40. The van der Waals surface area contributed by atoms with Crippen molar-refractivity contribution in [1.29, 1.82) is 0 Å². The smallest absolute Gasteiger partial charge is 0.252 e. The summed E-state index contributed by atoms with van der Waals surface area (Å²) in [5, 5.41) is 3.15. The van der Waals surface area contributed by atoms with E-state index in [2.05, 4.69) is 27.3 Å². The summed E-state index contributed by atoms with van der Waals surface area (Å²) in [5.41, 5.74) is 3.23. The van der Waals surface area contributed by atoms with Gasteiger partial charge in [0.05, 0.1) is 38.1 Å². The minimum Gasteiger partial charge on any atom is -0.497 e. The van der Waals surface area contributed by atoms with Gasteiger partial charge < -0.3 is 19.2 Å². The highest BCUT2D eigenvalue weighted by Crippen LogP contribution is 2.29. The molecule has 3 aromatic carbocycles. The molecule has 5 rings (SSSR count). The topological polar surface area (TPSA) is 76.8 Å². The lowest BCUT2D eigenvalue weighted by molar-refractivity contribution is 0.0162. The number of nitrogens with one attached hydrogen (secondary N) is 1. The van der Waals surface area contributed by atoms with E-state index in [4.69, 9.17) is 13.9 Å². The van der Waals surface area contributed by atoms with Gasteiger partial charge in [0, 0.05) is 30.8 Å². The van der Waals surface area contributed by atoms with Crippen LogP contribution >= 0.6 is 0 Å². The van der Waals surface area contributed by atoms with Crippen molar-refractivity contribution in [1.82, 2.24) is 15.2 Å². The van der Waals surface area contributed by atoms with Crippen LogP contribution in [0.4, 0.5) is 0 Å². The summed E-state index contributed by atoms with van der Waals surface area (Å²) in [6.45, 7) is 3.43. The number of hydrogen-bond acceptors (Lipinski definition) is 6. The molecule has 7 heteroatoms. The van der Waals surface area contributed by atoms with Crippen LogP contribution in [0.15, 0.2) is 89.5 Å². The highest BCUT2D eigenvalue weighted by molar-refractivity contribution is 6.00. The van der Waals surface area contributed by atoms with Crippen molar-refractivity contribution in [3.05, 3.63) is 96.2 Å². The Morgan fingerprint density at radius 1 is 1.00 bits per heavy atom. The summed E-state index contributed by atoms with van der Waals surface area (Å²) < 4.78 is 16.9. The van der Waals surface area contributed by atoms with E-state index in [-0.39, 0.29) is 11.9 Å². The fourth-order valence-electron chi connectivity index (χ4n) is 4.46. The van der Waals surface area contributed by atoms with E-state index in [1.165, 1.54) is 0 Å². The standard InChI is InChI=1S/C29H29N3O4/c1-34-23-13-11-21(12-14-23)26(32-15-17-35-18-16-32)19-30-28(33)24-9-5-6-10-25(24)29-31-20-27(36-29)22-7-3-2-4-8-22/h2-14,20,26H,15-19H2,1H3,(H,30,33). The highest BCUT2D eigenvalue weighted by Gasteiger charge is 2.24. The minimum atomic E-state index is -0.170. The number of benzene rings is 3. The first-order valence-electron chi connectivity index (χ1n) is 12.1. The maximum Gasteiger partial charge on any atom is 0.252 e. The number of carbonyl (C=O) groups excluding carboxylic acids is 1. The van der Waals surface area contributed by atoms with E-state index in [1.807, 2.05) is 60.7 Å². The van der Waals surface area contributed by atoms with E-state index in [9.17, 15) is 4.79 Å². The number of aromatic nitrogens is 1. The number of hydrogen-bond donors (Lipinski definition) is 1. The lowest BCUT2D eigenvalue weighted by atomic mass is 10.0. The zero-order valence-corrected chi connectivity index (χ0v) is 20.2. The van der Waals surface area contributed by atoms with Gasteiger partial charge in [-0.2, -0.15) is 0 Å². The number of nitrogens with zero attached hydrogens (tertiary/aromatic N) is 2. The lowest BCUT2D eigenvalue weighted by Gasteiger charge is -2.35. The number of amides is 1. The van der Waals surface area contributed by atoms with E-state index in [0.29, 0.717) is 42.5 Å². The van der Waals surface area contributed by atoms with Crippen molar-refractivity contribution in [2.75, 3.05) is 40.0 Å². The van der Waals surface area contributed by atoms with Gasteiger partial charge in [-0.25, -0.2) is 4.98 Å². The van der Waals surface area contributed by atoms with Gasteiger partial charge in [0.15, 0.2) is 5.76 Å². The second kappa shape index (κ2) is 11.2. The maximum atomic E-state index is 13.4. The molecule has 0 radical (unpaired) electrons. The molecule has 2 heterocycles. The Balaban J connectivity index is 1.35. The summed E-state index contributed by atoms with van der Waals surface area (Å²) in [7, 11) is 1.66. The normalized spacial score (nSPS) is 14.8. The second-order valence-electron chi connectivity index (χ2n) is 8.59. The van der Waals surface area contributed by atoms with Crippen LogP contribution in [0, 0.1) is 0 Å². The van der Waals surface area contributed by atoms with E-state index < -0.39 is 0 Å². The number of ether oxygens (including phenoxy) is 2. The van der Waals surface area contributed by atoms with Crippen molar-refractivity contribution in [2.45, 2.75) is 6.04 Å². The molecule has 1 aliphatic rings. The van der Waals surface area contributed by atoms with Gasteiger partial charge in [-0.1, -0.05) is 54.6 Å². The van der Waals surface area contributed by atoms with Crippen LogP contribution in [0.5, 0.6) is 5.75 Å². The van der Waals surface area contributed by atoms with Gasteiger partial charge in [-0.3, -0.25) is 9.69 Å². The van der Waals surface area contributed by atoms with Gasteiger partial charge in [0.1, 0.15) is 5.75 Å². The molecule has 0 aliphatic carbocycles. The molecule has 0 bridgehead atoms. The van der Waals surface area contributed by atoms with Crippen molar-refractivity contribution >= 4 is 5.91 Å². The van der Waals surface area contributed by atoms with Crippen LogP contribution in [0.1, 0.15) is 22.0 Å². The fraction of sp³-hybridized carbons (Fsp3) is 0.241. The first kappa shape index (κ1) is 23.8. The van der Waals surface area contributed by atoms with Crippen LogP contribution in [0.3, 0.4) is 0 Å². The predicted molar refractivity (Wildman–Crippen MR) is 138 cm³/mol. The zero-order chi connectivity index (χ0) is 24.7. The third-order valence-corrected chi connectivity index (χ3v) is 6.41. The second-order valence-corrected chi connectivity index (χ2v) is 8.59. The van der Waals surface area contributed by atoms with Crippen molar-refractivity contribution in [3.8, 4) is 28.5 Å². The molecule has 1 aliphatic heterocycles. The van der Waals surface area contributed by atoms with E-state index in [0.717, 1.165) is 30.0 Å². The van der Waals surface area contributed by atoms with Gasteiger partial charge >= 0.3 is 0 Å². The largest absolute Gasteiger partial charge is 0.497 e. The highest BCUT2D eigenvalue weighted by atomic mass is 16.5. The zero-order valence-electron chi connectivity index (χ0n) is 20.2. The predicted octanol–water partition coefficient (Wildman–Crippen LogP) is 4.82. The Morgan fingerprint density at radius 2 is 1.72 bits per heavy atom. The third kappa shape index (κ3) is 5.32. The molecule has 36 heavy (non-hydrogen) atoms. The average molecular weight is 484 g/mol. The Morgan fingerprint density at radius 3 is 2.47 bits per heavy atom. The molecular formula is C29H29N3O4. The average Bonchev–Trinajstić information content (AvgIpc) is 3.45. The number of methoxy groups -OCH3 is 1. The molecule has 0 saturated carbocycles. The van der Waals surface area contributed by atoms with Crippen molar-refractivity contribution in [2.24, 2.45) is 0 Å². The Hall–Kier alpha value is -3.94. The maximum absolute atomic E-state index is 13.4. The van der Waals surface area contributed by atoms with Crippen LogP contribution in [0.2, 0.25) is 0 Å². The molecule has 4 aromatic rings. The molecule has 1 saturated heterocycles. The minimum absolute atomic E-state index is 0.0161. The first-order valence-corrected chi connectivity index (χ1v) is 12.1. The fourth-order valence-corrected chi connectivity index (χ4v) is 4.46. The van der Waals surface area contributed by atoms with E-state index >= 15 is 0 Å². The summed E-state index contributed by atoms with van der Waals surface area (Å²) in [5.74, 6) is 1.71. The molecule has 1 atom stereocenters. The van der Waals surface area contributed by atoms with Crippen LogP contribution < -0.4 is 10.1 Å². The summed E-state index contributed by atoms with van der Waals surface area (Å²) in [4.78, 5) is 20.2. The molecule has 7 nitrogen and oxygen atoms in total. The quantitative estimate of drug-likeness (QED) is 0.387. The molecule has 1 unspecified atom stereocenters. The van der Waals surface area contributed by atoms with Gasteiger partial charge in [-0.15, -0.1) is 0 Å². The number of morpholine rings is 1. The van der Waals surface area contributed by atoms with Crippen LogP contribution in [0.25, 0.3) is 22.8 Å². The summed E-state index contributed by atoms with van der Waals surface area (Å²) >= 11 is 0. The SMILES string of the molecule is COc1ccc(C(CNC(=O)c2ccccc2-c2ncc(-c3ccccc3)o2)N2CCOCC2)cc1. The third-order valence-electron chi connectivity index (χ3n) is 6.41. The number of carbonyl (C=O) groups is 1. The Bertz CT molecular complexity index is 1280. The number of rotatable bonds is 8. The van der Waals surface area contributed by atoms with Crippen molar-refractivity contribution < 1.29 is 18.7 Å².